The minimum Gasteiger partial charge on any atom is -0.391 e. The summed E-state index contributed by atoms with van der Waals surface area (Å²) in [5.74, 6) is 0. The lowest BCUT2D eigenvalue weighted by Gasteiger charge is -2.35. The first-order valence-corrected chi connectivity index (χ1v) is 6.49. The maximum Gasteiger partial charge on any atom is 0.159 e. The number of nitrogens with one attached hydrogen (secondary N) is 1. The van der Waals surface area contributed by atoms with Gasteiger partial charge in [0.05, 0.1) is 18.2 Å². The third kappa shape index (κ3) is 2.34. The highest BCUT2D eigenvalue weighted by Gasteiger charge is 2.43. The number of aliphatic hydroxyl groups is 2. The van der Waals surface area contributed by atoms with Crippen LogP contribution in [-0.4, -0.2) is 51.7 Å². The van der Waals surface area contributed by atoms with E-state index in [-0.39, 0.29) is 11.5 Å². The number of rotatable bonds is 2. The van der Waals surface area contributed by atoms with Gasteiger partial charge in [-0.1, -0.05) is 11.8 Å². The van der Waals surface area contributed by atoms with Crippen molar-refractivity contribution in [3.05, 3.63) is 0 Å². The highest BCUT2D eigenvalue weighted by atomic mass is 32.2. The Balaban J connectivity index is 1.99. The Kier molecular flexibility index (Phi) is 3.73. The van der Waals surface area contributed by atoms with Crippen LogP contribution >= 0.6 is 11.8 Å². The van der Waals surface area contributed by atoms with Crippen LogP contribution in [0.4, 0.5) is 0 Å². The second-order valence-electron chi connectivity index (χ2n) is 4.16. The second-order valence-corrected chi connectivity index (χ2v) is 5.25. The lowest BCUT2D eigenvalue weighted by molar-refractivity contribution is -0.136. The van der Waals surface area contributed by atoms with Gasteiger partial charge in [0.1, 0.15) is 11.5 Å². The molecule has 3 N–H and O–H groups in total. The molecule has 0 saturated carbocycles. The van der Waals surface area contributed by atoms with E-state index in [4.69, 9.17) is 4.74 Å². The molecular weight excluding hydrogens is 228 g/mol. The Morgan fingerprint density at radius 2 is 2.44 bits per heavy atom. The smallest absolute Gasteiger partial charge is 0.159 e. The van der Waals surface area contributed by atoms with Crippen LogP contribution in [0.15, 0.2) is 4.99 Å². The summed E-state index contributed by atoms with van der Waals surface area (Å²) >= 11 is 1.54. The van der Waals surface area contributed by atoms with Gasteiger partial charge < -0.3 is 20.3 Å². The number of fused-ring (bicyclic) bond motifs is 1. The molecule has 5 atom stereocenters. The summed E-state index contributed by atoms with van der Waals surface area (Å²) in [5.41, 5.74) is -0.0722. The maximum atomic E-state index is 9.82. The molecule has 2 rings (SSSR count). The van der Waals surface area contributed by atoms with E-state index in [2.05, 4.69) is 10.3 Å². The lowest BCUT2D eigenvalue weighted by atomic mass is 9.99. The number of hydrogen-bond donors (Lipinski definition) is 3. The van der Waals surface area contributed by atoms with Crippen molar-refractivity contribution in [1.82, 2.24) is 5.32 Å². The topological polar surface area (TPSA) is 74.1 Å². The van der Waals surface area contributed by atoms with Crippen molar-refractivity contribution in [1.29, 1.82) is 0 Å². The average Bonchev–Trinajstić information content (AvgIpc) is 2.58. The van der Waals surface area contributed by atoms with Crippen molar-refractivity contribution in [3.8, 4) is 0 Å². The Morgan fingerprint density at radius 1 is 1.69 bits per heavy atom. The van der Waals surface area contributed by atoms with Crippen molar-refractivity contribution in [2.75, 3.05) is 6.54 Å². The molecule has 2 heterocycles. The van der Waals surface area contributed by atoms with Crippen LogP contribution in [0.5, 0.6) is 0 Å². The summed E-state index contributed by atoms with van der Waals surface area (Å²) in [6, 6.07) is 0.00375. The van der Waals surface area contributed by atoms with E-state index >= 15 is 0 Å². The average molecular weight is 246 g/mol. The lowest BCUT2D eigenvalue weighted by Crippen LogP contribution is -2.48. The number of amidine groups is 1. The quantitative estimate of drug-likeness (QED) is 0.636. The number of aliphatic imine (C=N–C) groups is 1. The van der Waals surface area contributed by atoms with E-state index in [0.29, 0.717) is 6.42 Å². The molecule has 0 aromatic rings. The second kappa shape index (κ2) is 4.91. The highest BCUT2D eigenvalue weighted by Crippen LogP contribution is 2.36. The molecule has 16 heavy (non-hydrogen) atoms. The Bertz CT molecular complexity index is 285. The Hall–Kier alpha value is -0.300. The standard InChI is InChI=1S/C10H18N2O3S/c1-3-11-10-12-6-4-7(14)8(5(2)13)15-9(6)16-10/h5-9,13-14H,3-4H2,1-2H3,(H,11,12)/t5-,6+,7-,8+,9+/m0/s1. The van der Waals surface area contributed by atoms with E-state index in [1.54, 1.807) is 6.92 Å². The fraction of sp³-hybridized carbons (Fsp3) is 0.900. The predicted octanol–water partition coefficient (Wildman–Crippen LogP) is -0.0760. The molecule has 0 aromatic carbocycles. The number of ether oxygens (including phenoxy) is 1. The van der Waals surface area contributed by atoms with Crippen LogP contribution in [0.1, 0.15) is 20.3 Å². The van der Waals surface area contributed by atoms with Crippen LogP contribution in [0.3, 0.4) is 0 Å². The third-order valence-corrected chi connectivity index (χ3v) is 3.91. The molecule has 1 saturated heterocycles. The monoisotopic (exact) mass is 246 g/mol. The normalized spacial score (nSPS) is 40.1. The molecule has 1 fully saturated rings. The molecule has 92 valence electrons. The summed E-state index contributed by atoms with van der Waals surface area (Å²) in [7, 11) is 0. The van der Waals surface area contributed by atoms with E-state index in [9.17, 15) is 10.2 Å². The zero-order valence-electron chi connectivity index (χ0n) is 9.46. The zero-order chi connectivity index (χ0) is 11.7. The van der Waals surface area contributed by atoms with Gasteiger partial charge in [0, 0.05) is 13.0 Å². The van der Waals surface area contributed by atoms with Crippen molar-refractivity contribution < 1.29 is 14.9 Å². The first-order valence-electron chi connectivity index (χ1n) is 5.61. The zero-order valence-corrected chi connectivity index (χ0v) is 10.3. The summed E-state index contributed by atoms with van der Waals surface area (Å²) in [6.45, 7) is 4.48. The van der Waals surface area contributed by atoms with Crippen LogP contribution in [-0.2, 0) is 4.74 Å². The number of thioether (sulfide) groups is 1. The SMILES string of the molecule is CCNC1=N[C@@H]2C[C@H](O)[C@@H]([C@H](C)O)O[C@@H]2S1. The summed E-state index contributed by atoms with van der Waals surface area (Å²) < 4.78 is 5.67. The van der Waals surface area contributed by atoms with Gasteiger partial charge in [-0.15, -0.1) is 0 Å². The molecule has 0 aliphatic carbocycles. The molecule has 2 aliphatic heterocycles. The summed E-state index contributed by atoms with van der Waals surface area (Å²) in [6.07, 6.45) is -1.22. The van der Waals surface area contributed by atoms with Crippen molar-refractivity contribution in [2.24, 2.45) is 4.99 Å². The van der Waals surface area contributed by atoms with Gasteiger partial charge >= 0.3 is 0 Å². The van der Waals surface area contributed by atoms with E-state index in [0.717, 1.165) is 11.7 Å². The number of aliphatic hydroxyl groups excluding tert-OH is 2. The molecule has 0 bridgehead atoms. The van der Waals surface area contributed by atoms with E-state index in [1.807, 2.05) is 6.92 Å². The van der Waals surface area contributed by atoms with Crippen molar-refractivity contribution in [3.63, 3.8) is 0 Å². The maximum absolute atomic E-state index is 9.82. The van der Waals surface area contributed by atoms with Gasteiger partial charge in [-0.3, -0.25) is 4.99 Å². The van der Waals surface area contributed by atoms with Gasteiger partial charge in [-0.2, -0.15) is 0 Å². The molecular formula is C10H18N2O3S. The highest BCUT2D eigenvalue weighted by molar-refractivity contribution is 8.14. The van der Waals surface area contributed by atoms with Gasteiger partial charge in [-0.25, -0.2) is 0 Å². The van der Waals surface area contributed by atoms with Crippen LogP contribution in [0.2, 0.25) is 0 Å². The minimum absolute atomic E-state index is 0.00375. The van der Waals surface area contributed by atoms with E-state index < -0.39 is 18.3 Å². The van der Waals surface area contributed by atoms with Gasteiger partial charge in [0.15, 0.2) is 5.17 Å². The molecule has 0 unspecified atom stereocenters. The number of nitrogens with zero attached hydrogens (tertiary/aromatic N) is 1. The van der Waals surface area contributed by atoms with Crippen molar-refractivity contribution in [2.45, 2.75) is 50.1 Å². The fourth-order valence-electron chi connectivity index (χ4n) is 2.01. The van der Waals surface area contributed by atoms with Crippen LogP contribution < -0.4 is 5.32 Å². The van der Waals surface area contributed by atoms with E-state index in [1.165, 1.54) is 11.8 Å². The molecule has 0 aromatic heterocycles. The fourth-order valence-corrected chi connectivity index (χ4v) is 3.17. The molecule has 2 aliphatic rings. The summed E-state index contributed by atoms with van der Waals surface area (Å²) in [4.78, 5) is 4.45. The Labute approximate surface area is 99.3 Å². The first-order chi connectivity index (χ1) is 7.61. The molecule has 0 radical (unpaired) electrons. The van der Waals surface area contributed by atoms with Crippen molar-refractivity contribution >= 4 is 16.9 Å². The van der Waals surface area contributed by atoms with Crippen LogP contribution in [0, 0.1) is 0 Å². The van der Waals surface area contributed by atoms with Gasteiger partial charge in [0.25, 0.3) is 0 Å². The molecule has 6 heteroatoms. The largest absolute Gasteiger partial charge is 0.391 e. The van der Waals surface area contributed by atoms with Crippen LogP contribution in [0.25, 0.3) is 0 Å². The molecule has 5 nitrogen and oxygen atoms in total. The first kappa shape index (κ1) is 12.2. The minimum atomic E-state index is -0.653. The molecule has 0 amide bonds. The summed E-state index contributed by atoms with van der Waals surface area (Å²) in [5, 5.41) is 23.3. The predicted molar refractivity (Wildman–Crippen MR) is 63.5 cm³/mol. The van der Waals surface area contributed by atoms with Gasteiger partial charge in [0.2, 0.25) is 0 Å². The van der Waals surface area contributed by atoms with Gasteiger partial charge in [-0.05, 0) is 13.8 Å². The molecule has 0 spiro atoms. The third-order valence-electron chi connectivity index (χ3n) is 2.78. The Morgan fingerprint density at radius 3 is 3.06 bits per heavy atom. The number of hydrogen-bond acceptors (Lipinski definition) is 6.